The number of nitrogens with zero attached hydrogens (tertiary/aromatic N) is 1. The Hall–Kier alpha value is -2.40. The summed E-state index contributed by atoms with van der Waals surface area (Å²) in [7, 11) is 0. The highest BCUT2D eigenvalue weighted by Gasteiger charge is 2.09. The SMILES string of the molecule is CCOc1ccccc1Oc1ccc(C(N)=NO)c(Cl)c1. The number of amidine groups is 1. The Labute approximate surface area is 127 Å². The van der Waals surface area contributed by atoms with E-state index in [0.29, 0.717) is 34.4 Å². The van der Waals surface area contributed by atoms with Crippen LogP contribution in [0.15, 0.2) is 47.6 Å². The first-order chi connectivity index (χ1) is 10.2. The fourth-order valence-corrected chi connectivity index (χ4v) is 2.02. The molecule has 5 nitrogen and oxygen atoms in total. The molecule has 0 heterocycles. The molecule has 110 valence electrons. The first-order valence-corrected chi connectivity index (χ1v) is 6.70. The van der Waals surface area contributed by atoms with Crippen molar-refractivity contribution in [3.63, 3.8) is 0 Å². The Morgan fingerprint density at radius 3 is 2.57 bits per heavy atom. The molecule has 6 heteroatoms. The van der Waals surface area contributed by atoms with Crippen LogP contribution < -0.4 is 15.2 Å². The molecule has 0 unspecified atom stereocenters. The van der Waals surface area contributed by atoms with Gasteiger partial charge in [0.15, 0.2) is 17.3 Å². The highest BCUT2D eigenvalue weighted by molar-refractivity contribution is 6.34. The van der Waals surface area contributed by atoms with Crippen LogP contribution in [0.5, 0.6) is 17.2 Å². The summed E-state index contributed by atoms with van der Waals surface area (Å²) in [5, 5.41) is 11.9. The van der Waals surface area contributed by atoms with Crippen molar-refractivity contribution >= 4 is 17.4 Å². The molecule has 0 fully saturated rings. The molecule has 0 spiro atoms. The maximum atomic E-state index is 8.67. The van der Waals surface area contributed by atoms with Crippen LogP contribution in [0.2, 0.25) is 5.02 Å². The zero-order valence-electron chi connectivity index (χ0n) is 11.4. The number of para-hydroxylation sites is 2. The number of nitrogens with two attached hydrogens (primary N) is 1. The van der Waals surface area contributed by atoms with Crippen LogP contribution in [-0.4, -0.2) is 17.6 Å². The number of oxime groups is 1. The van der Waals surface area contributed by atoms with E-state index in [1.807, 2.05) is 25.1 Å². The monoisotopic (exact) mass is 306 g/mol. The predicted octanol–water partition coefficient (Wildman–Crippen LogP) is 3.63. The second kappa shape index (κ2) is 6.85. The van der Waals surface area contributed by atoms with Gasteiger partial charge in [0.2, 0.25) is 0 Å². The molecule has 0 saturated heterocycles. The van der Waals surface area contributed by atoms with Crippen molar-refractivity contribution in [3.05, 3.63) is 53.1 Å². The minimum absolute atomic E-state index is 0.0544. The number of rotatable bonds is 5. The van der Waals surface area contributed by atoms with Gasteiger partial charge in [-0.05, 0) is 31.2 Å². The van der Waals surface area contributed by atoms with Gasteiger partial charge in [0.25, 0.3) is 0 Å². The molecule has 2 rings (SSSR count). The van der Waals surface area contributed by atoms with Gasteiger partial charge in [-0.25, -0.2) is 0 Å². The van der Waals surface area contributed by atoms with E-state index in [0.717, 1.165) is 0 Å². The Morgan fingerprint density at radius 2 is 1.95 bits per heavy atom. The van der Waals surface area contributed by atoms with Crippen LogP contribution in [0, 0.1) is 0 Å². The molecule has 0 radical (unpaired) electrons. The van der Waals surface area contributed by atoms with E-state index in [2.05, 4.69) is 5.16 Å². The lowest BCUT2D eigenvalue weighted by molar-refractivity contribution is 0.318. The van der Waals surface area contributed by atoms with Gasteiger partial charge in [-0.2, -0.15) is 0 Å². The van der Waals surface area contributed by atoms with Gasteiger partial charge >= 0.3 is 0 Å². The lowest BCUT2D eigenvalue weighted by atomic mass is 10.2. The van der Waals surface area contributed by atoms with Gasteiger partial charge in [-0.3, -0.25) is 0 Å². The Balaban J connectivity index is 2.27. The highest BCUT2D eigenvalue weighted by Crippen LogP contribution is 2.33. The molecule has 21 heavy (non-hydrogen) atoms. The molecule has 0 amide bonds. The molecular formula is C15H15ClN2O3. The summed E-state index contributed by atoms with van der Waals surface area (Å²) < 4.78 is 11.2. The third-order valence-corrected chi connectivity index (χ3v) is 3.01. The molecule has 0 atom stereocenters. The third-order valence-electron chi connectivity index (χ3n) is 2.70. The van der Waals surface area contributed by atoms with Gasteiger partial charge in [-0.1, -0.05) is 28.9 Å². The van der Waals surface area contributed by atoms with Crippen LogP contribution >= 0.6 is 11.6 Å². The fraction of sp³-hybridized carbons (Fsp3) is 0.133. The molecular weight excluding hydrogens is 292 g/mol. The number of halogens is 1. The maximum Gasteiger partial charge on any atom is 0.171 e. The lowest BCUT2D eigenvalue weighted by Crippen LogP contribution is -2.13. The van der Waals surface area contributed by atoms with Crippen LogP contribution in [-0.2, 0) is 0 Å². The van der Waals surface area contributed by atoms with Gasteiger partial charge < -0.3 is 20.4 Å². The minimum Gasteiger partial charge on any atom is -0.490 e. The number of hydrogen-bond acceptors (Lipinski definition) is 4. The predicted molar refractivity (Wildman–Crippen MR) is 81.6 cm³/mol. The highest BCUT2D eigenvalue weighted by atomic mass is 35.5. The van der Waals surface area contributed by atoms with E-state index in [4.69, 9.17) is 32.0 Å². The van der Waals surface area contributed by atoms with Crippen molar-refractivity contribution < 1.29 is 14.7 Å². The number of benzene rings is 2. The fourth-order valence-electron chi connectivity index (χ4n) is 1.76. The van der Waals surface area contributed by atoms with Crippen LogP contribution in [0.4, 0.5) is 0 Å². The molecule has 2 aromatic rings. The van der Waals surface area contributed by atoms with Crippen molar-refractivity contribution in [1.82, 2.24) is 0 Å². The average Bonchev–Trinajstić information content (AvgIpc) is 2.49. The standard InChI is InChI=1S/C15H15ClN2O3/c1-2-20-13-5-3-4-6-14(13)21-10-7-8-11(12(16)9-10)15(17)18-19/h3-9,19H,2H2,1H3,(H2,17,18). The van der Waals surface area contributed by atoms with Crippen LogP contribution in [0.3, 0.4) is 0 Å². The van der Waals surface area contributed by atoms with Crippen LogP contribution in [0.25, 0.3) is 0 Å². The molecule has 0 aliphatic carbocycles. The normalized spacial score (nSPS) is 11.2. The molecule has 0 saturated carbocycles. The van der Waals surface area contributed by atoms with Crippen molar-refractivity contribution in [3.8, 4) is 17.2 Å². The Kier molecular flexibility index (Phi) is 4.90. The summed E-state index contributed by atoms with van der Waals surface area (Å²) in [6.45, 7) is 2.45. The maximum absolute atomic E-state index is 8.67. The van der Waals surface area contributed by atoms with E-state index in [1.165, 1.54) is 0 Å². The van der Waals surface area contributed by atoms with Crippen LogP contribution in [0.1, 0.15) is 12.5 Å². The zero-order valence-corrected chi connectivity index (χ0v) is 12.2. The summed E-state index contributed by atoms with van der Waals surface area (Å²) in [5.41, 5.74) is 5.95. The van der Waals surface area contributed by atoms with E-state index < -0.39 is 0 Å². The molecule has 0 aliphatic rings. The van der Waals surface area contributed by atoms with E-state index in [1.54, 1.807) is 24.3 Å². The summed E-state index contributed by atoms with van der Waals surface area (Å²) in [6, 6.07) is 12.2. The van der Waals surface area contributed by atoms with Gasteiger partial charge in [0, 0.05) is 11.6 Å². The molecule has 0 aliphatic heterocycles. The molecule has 2 aromatic carbocycles. The largest absolute Gasteiger partial charge is 0.490 e. The summed E-state index contributed by atoms with van der Waals surface area (Å²) >= 11 is 6.09. The zero-order chi connectivity index (χ0) is 15.2. The number of ether oxygens (including phenoxy) is 2. The van der Waals surface area contributed by atoms with E-state index in [9.17, 15) is 0 Å². The van der Waals surface area contributed by atoms with E-state index in [-0.39, 0.29) is 5.84 Å². The van der Waals surface area contributed by atoms with Gasteiger partial charge in [-0.15, -0.1) is 0 Å². The first-order valence-electron chi connectivity index (χ1n) is 6.32. The average molecular weight is 307 g/mol. The second-order valence-electron chi connectivity index (χ2n) is 4.11. The summed E-state index contributed by atoms with van der Waals surface area (Å²) in [6.07, 6.45) is 0. The minimum atomic E-state index is -0.0544. The first kappa shape index (κ1) is 15.0. The number of hydrogen-bond donors (Lipinski definition) is 2. The van der Waals surface area contributed by atoms with E-state index >= 15 is 0 Å². The van der Waals surface area contributed by atoms with Gasteiger partial charge in [0.05, 0.1) is 11.6 Å². The molecule has 0 bridgehead atoms. The Bertz CT molecular complexity index is 659. The Morgan fingerprint density at radius 1 is 1.24 bits per heavy atom. The van der Waals surface area contributed by atoms with Crippen molar-refractivity contribution in [2.45, 2.75) is 6.92 Å². The molecule has 0 aromatic heterocycles. The van der Waals surface area contributed by atoms with Crippen molar-refractivity contribution in [2.75, 3.05) is 6.61 Å². The molecule has 3 N–H and O–H groups in total. The summed E-state index contributed by atoms with van der Waals surface area (Å²) in [4.78, 5) is 0. The second-order valence-corrected chi connectivity index (χ2v) is 4.52. The van der Waals surface area contributed by atoms with Crippen molar-refractivity contribution in [2.24, 2.45) is 10.9 Å². The van der Waals surface area contributed by atoms with Gasteiger partial charge in [0.1, 0.15) is 5.75 Å². The quantitative estimate of drug-likeness (QED) is 0.383. The lowest BCUT2D eigenvalue weighted by Gasteiger charge is -2.12. The van der Waals surface area contributed by atoms with Crippen molar-refractivity contribution in [1.29, 1.82) is 0 Å². The topological polar surface area (TPSA) is 77.1 Å². The third kappa shape index (κ3) is 3.58. The summed E-state index contributed by atoms with van der Waals surface area (Å²) in [5.74, 6) is 1.71. The smallest absolute Gasteiger partial charge is 0.171 e.